The second kappa shape index (κ2) is 74.1. The fourth-order valence-electron chi connectivity index (χ4n) is 8.58. The standard InChI is InChI=1S/2C23H28N3O5S3.C22H26N3O5S3.2C4H7O.C3H5O.CH4.3H3N.6Na/c1-14(2)22(27)26-34(30,31)21-13-19(25-23(32)24-15(3)4)11-10-18(21)9-8-17-7-6-16(5)12-20(17)33(28)29;1-5-6-22(27)26-34(30,31)21-14-19(25-23(32)24-15(2)3)12-11-18(21)10-9-17-8-7-16(4)13-20(17)33(28)29;1-5-21(26)25-33(29,30)20-13-18(24-22(31)23-14(2)3)11-10-17(20)9-8-16-7-6-15(4)12-19(16)32(27)28;1-4(2)3-5;1-2-3-4-5;1-2-3-4;;;;;;;;;;/h6-15H,1-5H3,(H3,24,25,26,27,28,29,32);7-15H,5-6H2,1-4H3,(H3,24,25,26,27,28,29,32);6-14H,5H2,1-4H3,(H3,23,24,25,26,27,28,31);4H,1-2H3;2-3H2,1H3;2H2,1H3;1H4;3*1H3;;;;;;/q6*-1;;;;;6*+1/p-3. The Bertz CT molecular complexity index is 5110. The Morgan fingerprint density at radius 2 is 0.664 bits per heavy atom. The Kier molecular flexibility index (Phi) is 84.2. The number of sulfonamides is 3. The summed E-state index contributed by atoms with van der Waals surface area (Å²) >= 11 is 15.7. The zero-order chi connectivity index (χ0) is 87.7. The summed E-state index contributed by atoms with van der Waals surface area (Å²) in [4.78, 5) is 63.1. The van der Waals surface area contributed by atoms with Crippen LogP contribution in [0.2, 0.25) is 0 Å². The van der Waals surface area contributed by atoms with E-state index in [1.54, 1.807) is 136 Å². The molecule has 0 radical (unpaired) electrons. The summed E-state index contributed by atoms with van der Waals surface area (Å²) in [5.41, 5.74) is 5.37. The Balaban J connectivity index is -0.000000177. The minimum atomic E-state index is -4.36. The Labute approximate surface area is 895 Å². The number of carbonyl (C=O) groups excluding carboxylic acids is 6. The van der Waals surface area contributed by atoms with Gasteiger partial charge in [-0.15, -0.1) is 5.92 Å². The summed E-state index contributed by atoms with van der Waals surface area (Å²) in [5.74, 6) is -2.80. The maximum Gasteiger partial charge on any atom is 1.00 e. The van der Waals surface area contributed by atoms with Gasteiger partial charge in [0.15, 0.2) is 15.3 Å². The smallest absolute Gasteiger partial charge is 0.542 e. The van der Waals surface area contributed by atoms with Crippen LogP contribution in [0.1, 0.15) is 193 Å². The van der Waals surface area contributed by atoms with Crippen molar-refractivity contribution in [3.05, 3.63) is 173 Å². The van der Waals surface area contributed by atoms with Gasteiger partial charge in [-0.1, -0.05) is 216 Å². The van der Waals surface area contributed by atoms with Crippen molar-refractivity contribution in [1.82, 2.24) is 34.4 Å². The number of benzene rings is 6. The van der Waals surface area contributed by atoms with Gasteiger partial charge in [0.1, 0.15) is 30.1 Å². The van der Waals surface area contributed by atoms with Crippen LogP contribution in [0.4, 0.5) is 17.1 Å². The quantitative estimate of drug-likeness (QED) is 0.00941. The van der Waals surface area contributed by atoms with Crippen molar-refractivity contribution in [2.24, 2.45) is 11.8 Å². The Morgan fingerprint density at radius 1 is 0.408 bits per heavy atom. The van der Waals surface area contributed by atoms with Gasteiger partial charge in [0.25, 0.3) is 0 Å². The summed E-state index contributed by atoms with van der Waals surface area (Å²) in [6.45, 7) is 30.4. The number of hydrogen-bond donors (Lipinski definition) is 9. The molecule has 0 aliphatic carbocycles. The second-order valence-electron chi connectivity index (χ2n) is 26.1. The molecule has 30 nitrogen and oxygen atoms in total. The molecule has 0 fully saturated rings. The molecule has 6 aromatic rings. The van der Waals surface area contributed by atoms with Gasteiger partial charge < -0.3 is 119 Å². The molecule has 6 rings (SSSR count). The summed E-state index contributed by atoms with van der Waals surface area (Å²) < 4.78 is 158. The summed E-state index contributed by atoms with van der Waals surface area (Å²) in [6, 6.07) is 28.4. The van der Waals surface area contributed by atoms with Gasteiger partial charge in [0.2, 0.25) is 0 Å². The number of nitrogens with zero attached hydrogens (tertiary/aromatic N) is 3. The third-order valence-electron chi connectivity index (χ3n) is 13.9. The molecular weight excluding hydrogens is 1840 g/mol. The molecule has 0 aromatic heterocycles. The van der Waals surface area contributed by atoms with Crippen molar-refractivity contribution in [2.45, 2.75) is 211 Å². The van der Waals surface area contributed by atoms with E-state index in [0.29, 0.717) is 68.4 Å². The molecule has 0 aliphatic rings. The van der Waals surface area contributed by atoms with Crippen LogP contribution in [-0.4, -0.2) is 95.3 Å². The average Bonchev–Trinajstić information content (AvgIpc) is 0.807. The topological polar surface area (TPSA) is 527 Å². The fourth-order valence-corrected chi connectivity index (χ4v) is 15.1. The van der Waals surface area contributed by atoms with Gasteiger partial charge in [0, 0.05) is 35.2 Å². The Hall–Kier alpha value is -3.39. The summed E-state index contributed by atoms with van der Waals surface area (Å²) in [6.07, 6.45) is 16.6. The number of rotatable bonds is 29. The second-order valence-corrected chi connectivity index (χ2v) is 34.8. The first-order chi connectivity index (χ1) is 53.7. The molecule has 45 heteroatoms. The number of nitrogens with one attached hydrogen (secondary N) is 6. The summed E-state index contributed by atoms with van der Waals surface area (Å²) in [5, 5.41) is 18.7. The Morgan fingerprint density at radius 3 is 0.872 bits per heavy atom. The fraction of sp³-hybridized carbons (Fsp3) is 0.362. The van der Waals surface area contributed by atoms with Crippen LogP contribution < -0.4 is 228 Å². The molecule has 0 unspecified atom stereocenters. The molecule has 0 aliphatic heterocycles. The van der Waals surface area contributed by atoms with Crippen LogP contribution in [-0.2, 0) is 116 Å². The monoisotopic (exact) mass is 1950 g/mol. The minimum absolute atomic E-state index is 0. The van der Waals surface area contributed by atoms with Gasteiger partial charge in [-0.2, -0.15) is 12.8 Å². The van der Waals surface area contributed by atoms with E-state index >= 15 is 0 Å². The zero-order valence-electron chi connectivity index (χ0n) is 75.0. The average molecular weight is 1960 g/mol. The van der Waals surface area contributed by atoms with Crippen LogP contribution in [0.3, 0.4) is 0 Å². The minimum Gasteiger partial charge on any atom is -0.542 e. The molecule has 0 bridgehead atoms. The van der Waals surface area contributed by atoms with E-state index < -0.39 is 85.8 Å². The van der Waals surface area contributed by atoms with Crippen molar-refractivity contribution >= 4 is 204 Å². The molecule has 0 saturated carbocycles. The van der Waals surface area contributed by atoms with Crippen molar-refractivity contribution in [1.29, 1.82) is 0 Å². The largest absolute Gasteiger partial charge is 1.00 e. The van der Waals surface area contributed by atoms with E-state index in [1.807, 2.05) is 48.5 Å². The molecule has 3 amide bonds. The maximum absolute atomic E-state index is 13.0. The van der Waals surface area contributed by atoms with Gasteiger partial charge in [-0.25, -0.2) is 25.3 Å². The van der Waals surface area contributed by atoms with Gasteiger partial charge in [-0.3, -0.25) is 18.9 Å². The van der Waals surface area contributed by atoms with E-state index in [4.69, 9.17) is 41.4 Å². The van der Waals surface area contributed by atoms with Crippen LogP contribution in [0.25, 0.3) is 50.6 Å². The molecule has 0 atom stereocenters. The van der Waals surface area contributed by atoms with E-state index in [2.05, 4.69) is 46.1 Å². The predicted octanol–water partition coefficient (Wildman–Crippen LogP) is -0.481. The SMILES string of the molecule is C.CC(C)[C-]=O.CCC(=O)[N-]S(=O)(=O)c1cc(NC(=S)NC(C)C)ccc1/C=C/c1ccc(C)cc1[S-](=O)=O.CCCC(=O)[N-]S(=O)(=O)c1cc(NC(=S)NC(C)C)ccc1/C=C/c1ccc(C)cc1[S-](=O)=O.CCC[C-]=O.CC[C-]=O.Cc1ccc(/C=C/c2ccc(NC(=S)NC(C)C)cc2S(=O)(=O)[N-]C(=O)C(C)C)c([S-](=O)=O)c1.N.N.N.[Na+].[Na+].[Na+].[Na+].[Na+].[Na+]. The van der Waals surface area contributed by atoms with Crippen LogP contribution in [0, 0.1) is 32.6 Å². The first-order valence-corrected chi connectivity index (χ1v) is 44.4. The molecule has 0 spiro atoms. The number of unbranched alkanes of at least 4 members (excludes halogenated alkanes) is 1. The maximum atomic E-state index is 13.0. The molecule has 0 heterocycles. The van der Waals surface area contributed by atoms with Gasteiger partial charge in [-0.05, 0) is 220 Å². The number of amides is 3. The van der Waals surface area contributed by atoms with Crippen molar-refractivity contribution < 1.29 is 257 Å². The number of hydrogen-bond acceptors (Lipinski definition) is 27. The molecule has 0 saturated heterocycles. The van der Waals surface area contributed by atoms with Crippen molar-refractivity contribution in [3.8, 4) is 0 Å². The van der Waals surface area contributed by atoms with E-state index in [0.717, 1.165) is 23.1 Å². The predicted molar refractivity (Wildman–Crippen MR) is 490 cm³/mol. The third-order valence-corrected chi connectivity index (χ3v) is 20.8. The van der Waals surface area contributed by atoms with Crippen molar-refractivity contribution in [3.63, 3.8) is 0 Å². The number of aryl methyl sites for hydroxylation is 3. The molecule has 15 N–H and O–H groups in total. The number of carbonyl (C=O) groups is 3. The van der Waals surface area contributed by atoms with Gasteiger partial charge in [0.05, 0.1) is 32.4 Å². The summed E-state index contributed by atoms with van der Waals surface area (Å²) in [7, 11) is -20.4. The van der Waals surface area contributed by atoms with Gasteiger partial charge >= 0.3 is 177 Å². The number of thiocarbonyl (C=S) groups is 3. The first-order valence-electron chi connectivity index (χ1n) is 35.7. The van der Waals surface area contributed by atoms with E-state index in [1.165, 1.54) is 98.0 Å². The van der Waals surface area contributed by atoms with Crippen LogP contribution in [0.15, 0.2) is 139 Å². The normalized spacial score (nSPS) is 10.3. The van der Waals surface area contributed by atoms with E-state index in [9.17, 15) is 74.5 Å². The van der Waals surface area contributed by atoms with E-state index in [-0.39, 0.29) is 286 Å². The molecule has 6 aromatic carbocycles. The third kappa shape index (κ3) is 57.0. The molecule has 662 valence electrons. The number of anilines is 3. The first kappa shape index (κ1) is 142. The van der Waals surface area contributed by atoms with Crippen molar-refractivity contribution in [2.75, 3.05) is 16.0 Å². The molecule has 125 heavy (non-hydrogen) atoms. The van der Waals surface area contributed by atoms with Crippen LogP contribution in [0.5, 0.6) is 0 Å². The molecular formula is C80H111N12Na6O18S9-3. The zero-order valence-corrected chi connectivity index (χ0v) is 94.3. The van der Waals surface area contributed by atoms with Crippen LogP contribution >= 0.6 is 36.7 Å².